The molecule has 0 aliphatic heterocycles. The quantitative estimate of drug-likeness (QED) is 0.0222. The summed E-state index contributed by atoms with van der Waals surface area (Å²) in [6.07, 6.45) is 51.2. The van der Waals surface area contributed by atoms with Crippen molar-refractivity contribution in [1.29, 1.82) is 0 Å². The molecule has 534 valence electrons. The topological polar surface area (TPSA) is 237 Å². The fraction of sp³-hybridized carbons (Fsp3) is 0.944. The summed E-state index contributed by atoms with van der Waals surface area (Å²) < 4.78 is 68.3. The van der Waals surface area contributed by atoms with Crippen LogP contribution in [0.15, 0.2) is 0 Å². The van der Waals surface area contributed by atoms with Gasteiger partial charge in [-0.25, -0.2) is 9.13 Å². The van der Waals surface area contributed by atoms with Crippen LogP contribution in [0.5, 0.6) is 0 Å². The Hall–Kier alpha value is -1.94. The van der Waals surface area contributed by atoms with Gasteiger partial charge < -0.3 is 33.8 Å². The van der Waals surface area contributed by atoms with E-state index in [2.05, 4.69) is 34.6 Å². The lowest BCUT2D eigenvalue weighted by molar-refractivity contribution is -0.161. The summed E-state index contributed by atoms with van der Waals surface area (Å²) in [5.41, 5.74) is 0. The highest BCUT2D eigenvalue weighted by Gasteiger charge is 2.30. The summed E-state index contributed by atoms with van der Waals surface area (Å²) in [5.74, 6) is -1.38. The molecule has 19 heteroatoms. The van der Waals surface area contributed by atoms with Crippen LogP contribution in [0.2, 0.25) is 0 Å². The van der Waals surface area contributed by atoms with E-state index < -0.39 is 97.5 Å². The van der Waals surface area contributed by atoms with Gasteiger partial charge in [0, 0.05) is 25.7 Å². The molecule has 0 fully saturated rings. The number of rotatable bonds is 71. The number of phosphoric ester groups is 2. The molecule has 3 N–H and O–H groups in total. The smallest absolute Gasteiger partial charge is 0.462 e. The lowest BCUT2D eigenvalue weighted by atomic mass is 10.0. The van der Waals surface area contributed by atoms with Crippen LogP contribution in [0, 0.1) is 5.92 Å². The average molecular weight is 1330 g/mol. The van der Waals surface area contributed by atoms with Crippen LogP contribution in [0.4, 0.5) is 0 Å². The Bertz CT molecular complexity index is 1740. The molecule has 0 bridgehead atoms. The maximum atomic E-state index is 13.0. The highest BCUT2D eigenvalue weighted by Crippen LogP contribution is 2.45. The van der Waals surface area contributed by atoms with Gasteiger partial charge in [0.2, 0.25) is 0 Å². The van der Waals surface area contributed by atoms with E-state index in [1.54, 1.807) is 0 Å². The van der Waals surface area contributed by atoms with E-state index in [1.807, 2.05) is 0 Å². The van der Waals surface area contributed by atoms with E-state index in [0.29, 0.717) is 25.7 Å². The number of ether oxygens (including phenoxy) is 4. The summed E-state index contributed by atoms with van der Waals surface area (Å²) in [7, 11) is -9.90. The number of aliphatic hydroxyl groups excluding tert-OH is 1. The first-order valence-corrected chi connectivity index (χ1v) is 40.1. The monoisotopic (exact) mass is 1320 g/mol. The van der Waals surface area contributed by atoms with Gasteiger partial charge >= 0.3 is 39.5 Å². The highest BCUT2D eigenvalue weighted by molar-refractivity contribution is 7.47. The predicted octanol–water partition coefficient (Wildman–Crippen LogP) is 20.5. The molecule has 0 radical (unpaired) electrons. The zero-order valence-corrected chi connectivity index (χ0v) is 60.1. The minimum Gasteiger partial charge on any atom is -0.462 e. The van der Waals surface area contributed by atoms with Crippen molar-refractivity contribution in [2.45, 2.75) is 387 Å². The van der Waals surface area contributed by atoms with Gasteiger partial charge in [-0.2, -0.15) is 0 Å². The summed E-state index contributed by atoms with van der Waals surface area (Å²) in [6.45, 7) is 7.24. The summed E-state index contributed by atoms with van der Waals surface area (Å²) >= 11 is 0. The second-order valence-electron chi connectivity index (χ2n) is 26.1. The van der Waals surface area contributed by atoms with Crippen LogP contribution < -0.4 is 0 Å². The van der Waals surface area contributed by atoms with E-state index in [1.165, 1.54) is 193 Å². The summed E-state index contributed by atoms with van der Waals surface area (Å²) in [6, 6.07) is 0. The molecule has 0 amide bonds. The predicted molar refractivity (Wildman–Crippen MR) is 363 cm³/mol. The van der Waals surface area contributed by atoms with Gasteiger partial charge in [-0.1, -0.05) is 317 Å². The molecule has 0 saturated carbocycles. The Morgan fingerprint density at radius 3 is 0.756 bits per heavy atom. The van der Waals surface area contributed by atoms with Crippen molar-refractivity contribution in [2.24, 2.45) is 5.92 Å². The van der Waals surface area contributed by atoms with E-state index in [4.69, 9.17) is 37.0 Å². The van der Waals surface area contributed by atoms with Crippen molar-refractivity contribution < 1.29 is 80.2 Å². The van der Waals surface area contributed by atoms with Crippen molar-refractivity contribution in [1.82, 2.24) is 0 Å². The largest absolute Gasteiger partial charge is 0.472 e. The molecule has 0 aromatic carbocycles. The number of carbonyl (C=O) groups excluding carboxylic acids is 4. The van der Waals surface area contributed by atoms with Crippen molar-refractivity contribution >= 4 is 39.5 Å². The molecule has 2 unspecified atom stereocenters. The van der Waals surface area contributed by atoms with Gasteiger partial charge in [-0.3, -0.25) is 37.3 Å². The lowest BCUT2D eigenvalue weighted by Crippen LogP contribution is -2.30. The molecule has 5 atom stereocenters. The van der Waals surface area contributed by atoms with Crippen LogP contribution in [0.3, 0.4) is 0 Å². The molecule has 0 aromatic heterocycles. The Balaban J connectivity index is 5.24. The Labute approximate surface area is 549 Å². The van der Waals surface area contributed by atoms with Gasteiger partial charge in [0.25, 0.3) is 0 Å². The third kappa shape index (κ3) is 64.8. The summed E-state index contributed by atoms with van der Waals surface area (Å²) in [5, 5.41) is 10.6. The molecule has 90 heavy (non-hydrogen) atoms. The molecule has 0 heterocycles. The van der Waals surface area contributed by atoms with Gasteiger partial charge in [-0.15, -0.1) is 0 Å². The maximum absolute atomic E-state index is 13.0. The first-order valence-electron chi connectivity index (χ1n) is 37.1. The Kier molecular flexibility index (Phi) is 63.0. The van der Waals surface area contributed by atoms with Crippen LogP contribution >= 0.6 is 15.6 Å². The van der Waals surface area contributed by atoms with E-state index in [0.717, 1.165) is 95.8 Å². The number of esters is 4. The van der Waals surface area contributed by atoms with Crippen LogP contribution in [0.1, 0.15) is 369 Å². The number of hydrogen-bond donors (Lipinski definition) is 3. The van der Waals surface area contributed by atoms with Crippen LogP contribution in [-0.2, 0) is 65.4 Å². The highest BCUT2D eigenvalue weighted by atomic mass is 31.2. The standard InChI is InChI=1S/C71H138O17P2/c1-6-9-12-15-18-21-24-25-26-27-28-31-36-42-47-52-57-71(76)88-67(61-82-69(74)55-50-45-40-37-32-33-38-43-48-53-64(4)5)63-86-90(79,80)84-59-65(72)58-83-89(77,78)85-62-66(87-70(75)56-51-46-41-35-30-23-20-17-14-11-8-3)60-81-68(73)54-49-44-39-34-29-22-19-16-13-10-7-2/h64-67,72H,6-63H2,1-5H3,(H,77,78)(H,79,80)/t65-,66+,67+/m0/s1. The van der Waals surface area contributed by atoms with Gasteiger partial charge in [-0.05, 0) is 31.6 Å². The van der Waals surface area contributed by atoms with E-state index >= 15 is 0 Å². The van der Waals surface area contributed by atoms with Crippen LogP contribution in [-0.4, -0.2) is 96.7 Å². The number of hydrogen-bond acceptors (Lipinski definition) is 15. The van der Waals surface area contributed by atoms with Gasteiger partial charge in [0.15, 0.2) is 12.2 Å². The lowest BCUT2D eigenvalue weighted by Gasteiger charge is -2.21. The third-order valence-corrected chi connectivity index (χ3v) is 18.4. The van der Waals surface area contributed by atoms with Crippen molar-refractivity contribution in [3.8, 4) is 0 Å². The third-order valence-electron chi connectivity index (χ3n) is 16.5. The Morgan fingerprint density at radius 1 is 0.300 bits per heavy atom. The minimum atomic E-state index is -4.95. The fourth-order valence-electron chi connectivity index (χ4n) is 10.8. The molecule has 0 aliphatic rings. The summed E-state index contributed by atoms with van der Waals surface area (Å²) in [4.78, 5) is 72.6. The molecule has 0 aromatic rings. The maximum Gasteiger partial charge on any atom is 0.472 e. The van der Waals surface area contributed by atoms with Crippen molar-refractivity contribution in [3.63, 3.8) is 0 Å². The van der Waals surface area contributed by atoms with Crippen LogP contribution in [0.25, 0.3) is 0 Å². The zero-order chi connectivity index (χ0) is 66.3. The minimum absolute atomic E-state index is 0.107. The van der Waals surface area contributed by atoms with E-state index in [-0.39, 0.29) is 25.7 Å². The first-order chi connectivity index (χ1) is 43.5. The second-order valence-corrected chi connectivity index (χ2v) is 29.0. The van der Waals surface area contributed by atoms with E-state index in [9.17, 15) is 43.2 Å². The molecular formula is C71H138O17P2. The van der Waals surface area contributed by atoms with Gasteiger partial charge in [0.1, 0.15) is 19.3 Å². The second kappa shape index (κ2) is 64.4. The molecule has 0 rings (SSSR count). The fourth-order valence-corrected chi connectivity index (χ4v) is 12.4. The molecule has 17 nitrogen and oxygen atoms in total. The number of aliphatic hydroxyl groups is 1. The Morgan fingerprint density at radius 2 is 0.511 bits per heavy atom. The average Bonchev–Trinajstić information content (AvgIpc) is 3.71. The van der Waals surface area contributed by atoms with Gasteiger partial charge in [0.05, 0.1) is 26.4 Å². The number of phosphoric acid groups is 2. The normalized spacial score (nSPS) is 14.1. The number of unbranched alkanes of at least 4 members (excludes halogenated alkanes) is 43. The molecule has 0 saturated heterocycles. The van der Waals surface area contributed by atoms with Crippen molar-refractivity contribution in [3.05, 3.63) is 0 Å². The first kappa shape index (κ1) is 88.1. The SMILES string of the molecule is CCCCCCCCCCCCCCCCCCC(=O)O[C@H](COC(=O)CCCCCCCCCCCC(C)C)COP(=O)(O)OC[C@@H](O)COP(=O)(O)OC[C@@H](COC(=O)CCCCCCCCCCCCC)OC(=O)CCCCCCCCCCCCC. The zero-order valence-electron chi connectivity index (χ0n) is 58.3. The number of carbonyl (C=O) groups is 4. The molecule has 0 aliphatic carbocycles. The van der Waals surface area contributed by atoms with Crippen molar-refractivity contribution in [2.75, 3.05) is 39.6 Å². The molecular weight excluding hydrogens is 1190 g/mol. The molecule has 0 spiro atoms.